The van der Waals surface area contributed by atoms with Crippen LogP contribution in [-0.4, -0.2) is 34.6 Å². The van der Waals surface area contributed by atoms with Gasteiger partial charge in [0, 0.05) is 12.6 Å². The van der Waals surface area contributed by atoms with Gasteiger partial charge in [0.25, 0.3) is 10.0 Å². The number of ether oxygens (including phenoxy) is 2. The van der Waals surface area contributed by atoms with Crippen LogP contribution in [0.1, 0.15) is 27.2 Å². The second-order valence-corrected chi connectivity index (χ2v) is 9.36. The number of fused-ring (bicyclic) bond motifs is 1. The van der Waals surface area contributed by atoms with Gasteiger partial charge in [-0.1, -0.05) is 6.92 Å². The lowest BCUT2D eigenvalue weighted by Crippen LogP contribution is -2.42. The summed E-state index contributed by atoms with van der Waals surface area (Å²) in [6.45, 7) is 6.27. The van der Waals surface area contributed by atoms with Gasteiger partial charge in [0.15, 0.2) is 0 Å². The van der Waals surface area contributed by atoms with Crippen molar-refractivity contribution in [2.24, 2.45) is 5.41 Å². The summed E-state index contributed by atoms with van der Waals surface area (Å²) < 4.78 is 52.6. The van der Waals surface area contributed by atoms with Gasteiger partial charge >= 0.3 is 0 Å². The molecule has 0 saturated carbocycles. The number of methoxy groups -OCH3 is 1. The van der Waals surface area contributed by atoms with Crippen molar-refractivity contribution in [3.8, 4) is 11.5 Å². The minimum Gasteiger partial charge on any atom is -0.495 e. The Morgan fingerprint density at radius 1 is 1.23 bits per heavy atom. The number of amides is 1. The predicted octanol–water partition coefficient (Wildman–Crippen LogP) is 3.80. The zero-order chi connectivity index (χ0) is 22.1. The summed E-state index contributed by atoms with van der Waals surface area (Å²) in [5.74, 6) is -0.330. The number of nitrogens with zero attached hydrogens (tertiary/aromatic N) is 1. The summed E-state index contributed by atoms with van der Waals surface area (Å²) in [6.07, 6.45) is 0.759. The molecule has 0 aliphatic carbocycles. The summed E-state index contributed by atoms with van der Waals surface area (Å²) >= 11 is 0. The highest BCUT2D eigenvalue weighted by Crippen LogP contribution is 2.39. The lowest BCUT2D eigenvalue weighted by atomic mass is 9.93. The Morgan fingerprint density at radius 3 is 2.63 bits per heavy atom. The van der Waals surface area contributed by atoms with Crippen molar-refractivity contribution in [3.63, 3.8) is 0 Å². The maximum Gasteiger partial charge on any atom is 0.265 e. The summed E-state index contributed by atoms with van der Waals surface area (Å²) in [6, 6.07) is 7.97. The third kappa shape index (κ3) is 4.21. The number of nitrogens with one attached hydrogen (secondary N) is 1. The smallest absolute Gasteiger partial charge is 0.265 e. The zero-order valence-corrected chi connectivity index (χ0v) is 18.2. The minimum absolute atomic E-state index is 0.0244. The van der Waals surface area contributed by atoms with Crippen LogP contribution in [0.15, 0.2) is 41.3 Å². The highest BCUT2D eigenvalue weighted by atomic mass is 32.2. The maximum absolute atomic E-state index is 13.6. The average molecular weight is 437 g/mol. The maximum atomic E-state index is 13.6. The topological polar surface area (TPSA) is 84.9 Å². The quantitative estimate of drug-likeness (QED) is 0.745. The molecule has 1 aliphatic heterocycles. The van der Waals surface area contributed by atoms with E-state index in [1.165, 1.54) is 19.2 Å². The fourth-order valence-electron chi connectivity index (χ4n) is 3.23. The van der Waals surface area contributed by atoms with Crippen LogP contribution < -0.4 is 19.1 Å². The van der Waals surface area contributed by atoms with Gasteiger partial charge in [-0.2, -0.15) is 0 Å². The number of halogens is 1. The van der Waals surface area contributed by atoms with E-state index < -0.39 is 21.3 Å². The van der Waals surface area contributed by atoms with Crippen LogP contribution in [0.25, 0.3) is 0 Å². The van der Waals surface area contributed by atoms with Crippen molar-refractivity contribution in [1.82, 2.24) is 0 Å². The molecule has 0 fully saturated rings. The molecule has 2 aromatic rings. The minimum atomic E-state index is -4.12. The normalized spacial score (nSPS) is 15.8. The van der Waals surface area contributed by atoms with Crippen molar-refractivity contribution in [2.45, 2.75) is 32.1 Å². The molecule has 0 bridgehead atoms. The molecule has 1 heterocycles. The highest BCUT2D eigenvalue weighted by molar-refractivity contribution is 7.92. The van der Waals surface area contributed by atoms with Crippen molar-refractivity contribution in [3.05, 3.63) is 42.2 Å². The van der Waals surface area contributed by atoms with Gasteiger partial charge < -0.3 is 14.4 Å². The number of benzene rings is 2. The number of rotatable bonds is 6. The molecular formula is C21H25FN2O5S. The van der Waals surface area contributed by atoms with Gasteiger partial charge in [-0.25, -0.2) is 12.8 Å². The summed E-state index contributed by atoms with van der Waals surface area (Å²) in [4.78, 5) is 14.3. The van der Waals surface area contributed by atoms with E-state index >= 15 is 0 Å². The number of sulfonamides is 1. The summed E-state index contributed by atoms with van der Waals surface area (Å²) in [7, 11) is -2.81. The molecule has 0 aromatic heterocycles. The third-order valence-electron chi connectivity index (χ3n) is 4.78. The largest absolute Gasteiger partial charge is 0.495 e. The molecule has 9 heteroatoms. The standard InChI is InChI=1S/C21H25FN2O5S/c1-5-10-24-16-8-7-15(12-18(16)29-13-21(2,3)20(24)25)23-30(26,27)19-11-14(22)6-9-17(19)28-4/h6-9,11-12,23H,5,10,13H2,1-4H3. The molecule has 0 saturated heterocycles. The van der Waals surface area contributed by atoms with Crippen molar-refractivity contribution < 1.29 is 27.1 Å². The number of hydrogen-bond donors (Lipinski definition) is 1. The Kier molecular flexibility index (Phi) is 5.94. The summed E-state index contributed by atoms with van der Waals surface area (Å²) in [5.41, 5.74) is 0.0883. The third-order valence-corrected chi connectivity index (χ3v) is 6.18. The molecular weight excluding hydrogens is 411 g/mol. The molecule has 162 valence electrons. The Bertz CT molecular complexity index is 1070. The molecule has 0 unspecified atom stereocenters. The molecule has 1 aliphatic rings. The first-order valence-corrected chi connectivity index (χ1v) is 11.0. The SMILES string of the molecule is CCCN1C(=O)C(C)(C)COc2cc(NS(=O)(=O)c3cc(F)ccc3OC)ccc21. The van der Waals surface area contributed by atoms with Crippen LogP contribution >= 0.6 is 0 Å². The van der Waals surface area contributed by atoms with E-state index in [-0.39, 0.29) is 28.8 Å². The first-order chi connectivity index (χ1) is 14.1. The first kappa shape index (κ1) is 21.9. The van der Waals surface area contributed by atoms with Crippen LogP contribution in [0, 0.1) is 11.2 Å². The number of hydrogen-bond acceptors (Lipinski definition) is 5. The van der Waals surface area contributed by atoms with Crippen molar-refractivity contribution in [2.75, 3.05) is 29.9 Å². The monoisotopic (exact) mass is 436 g/mol. The van der Waals surface area contributed by atoms with Crippen molar-refractivity contribution in [1.29, 1.82) is 0 Å². The Morgan fingerprint density at radius 2 is 1.97 bits per heavy atom. The molecule has 0 radical (unpaired) electrons. The molecule has 0 spiro atoms. The second-order valence-electron chi connectivity index (χ2n) is 7.71. The predicted molar refractivity (Wildman–Crippen MR) is 112 cm³/mol. The summed E-state index contributed by atoms with van der Waals surface area (Å²) in [5, 5.41) is 0. The Balaban J connectivity index is 1.98. The van der Waals surface area contributed by atoms with E-state index in [0.717, 1.165) is 18.6 Å². The molecule has 3 rings (SSSR count). The van der Waals surface area contributed by atoms with Gasteiger partial charge in [0.05, 0.1) is 23.9 Å². The van der Waals surface area contributed by atoms with E-state index in [4.69, 9.17) is 9.47 Å². The molecule has 1 amide bonds. The number of carbonyl (C=O) groups is 1. The van der Waals surface area contributed by atoms with Crippen LogP contribution in [0.4, 0.5) is 15.8 Å². The molecule has 2 aromatic carbocycles. The van der Waals surface area contributed by atoms with Gasteiger partial charge in [-0.05, 0) is 50.6 Å². The van der Waals surface area contributed by atoms with Crippen LogP contribution in [0.5, 0.6) is 11.5 Å². The highest BCUT2D eigenvalue weighted by Gasteiger charge is 2.37. The zero-order valence-electron chi connectivity index (χ0n) is 17.4. The Labute approximate surface area is 175 Å². The van der Waals surface area contributed by atoms with Crippen LogP contribution in [-0.2, 0) is 14.8 Å². The van der Waals surface area contributed by atoms with E-state index in [1.54, 1.807) is 17.0 Å². The lowest BCUT2D eigenvalue weighted by molar-refractivity contribution is -0.127. The fourth-order valence-corrected chi connectivity index (χ4v) is 4.46. The average Bonchev–Trinajstić information content (AvgIpc) is 2.78. The lowest BCUT2D eigenvalue weighted by Gasteiger charge is -2.27. The van der Waals surface area contributed by atoms with Gasteiger partial charge in [-0.15, -0.1) is 0 Å². The second kappa shape index (κ2) is 8.14. The molecule has 1 N–H and O–H groups in total. The van der Waals surface area contributed by atoms with Gasteiger partial charge in [-0.3, -0.25) is 9.52 Å². The Hall–Kier alpha value is -2.81. The van der Waals surface area contributed by atoms with E-state index in [0.29, 0.717) is 18.0 Å². The van der Waals surface area contributed by atoms with Crippen LogP contribution in [0.2, 0.25) is 0 Å². The van der Waals surface area contributed by atoms with E-state index in [2.05, 4.69) is 4.72 Å². The number of carbonyl (C=O) groups excluding carboxylic acids is 1. The first-order valence-electron chi connectivity index (χ1n) is 9.54. The molecule has 7 nitrogen and oxygen atoms in total. The van der Waals surface area contributed by atoms with Gasteiger partial charge in [0.1, 0.15) is 28.8 Å². The van der Waals surface area contributed by atoms with Gasteiger partial charge in [0.2, 0.25) is 5.91 Å². The molecule has 0 atom stereocenters. The van der Waals surface area contributed by atoms with E-state index in [1.807, 2.05) is 20.8 Å². The number of anilines is 2. The molecule has 30 heavy (non-hydrogen) atoms. The fraction of sp³-hybridized carbons (Fsp3) is 0.381. The van der Waals surface area contributed by atoms with Crippen LogP contribution in [0.3, 0.4) is 0 Å². The van der Waals surface area contributed by atoms with Crippen molar-refractivity contribution >= 4 is 27.3 Å². The van der Waals surface area contributed by atoms with E-state index in [9.17, 15) is 17.6 Å².